The van der Waals surface area contributed by atoms with Crippen LogP contribution in [0, 0.1) is 11.8 Å². The van der Waals surface area contributed by atoms with Gasteiger partial charge in [-0.25, -0.2) is 0 Å². The van der Waals surface area contributed by atoms with E-state index in [4.69, 9.17) is 0 Å². The Hall–Kier alpha value is -7.44. The predicted octanol–water partition coefficient (Wildman–Crippen LogP) is 6.74. The number of nitrogens with one attached hydrogen (secondary N) is 8. The van der Waals surface area contributed by atoms with E-state index >= 15 is 0 Å². The zero-order chi connectivity index (χ0) is 62.4. The third kappa shape index (κ3) is 17.7. The van der Waals surface area contributed by atoms with E-state index in [9.17, 15) is 38.4 Å². The van der Waals surface area contributed by atoms with Gasteiger partial charge >= 0.3 is 0 Å². The smallest absolute Gasteiger partial charge is 0.246 e. The summed E-state index contributed by atoms with van der Waals surface area (Å²) in [6.45, 7) is 4.88. The first-order valence-corrected chi connectivity index (χ1v) is 32.7. The highest BCUT2D eigenvalue weighted by Crippen LogP contribution is 2.34. The number of likely N-dealkylation sites (N-methyl/N-ethyl adjacent to an activating group) is 2. The Morgan fingerprint density at radius 3 is 1.02 bits per heavy atom. The third-order valence-corrected chi connectivity index (χ3v) is 18.9. The Bertz CT molecular complexity index is 2620. The number of likely N-dealkylation sites (tertiary alicyclic amines) is 2. The second-order valence-electron chi connectivity index (χ2n) is 24.7. The Balaban J connectivity index is 0.921. The lowest BCUT2D eigenvalue weighted by Crippen LogP contribution is -2.59. The summed E-state index contributed by atoms with van der Waals surface area (Å²) >= 11 is 0. The highest BCUT2D eigenvalue weighted by atomic mass is 16.2. The molecule has 18 heteroatoms. The number of carbonyl (C=O) groups is 8. The summed E-state index contributed by atoms with van der Waals surface area (Å²) in [7, 11) is 3.41. The maximum absolute atomic E-state index is 14.8. The van der Waals surface area contributed by atoms with Gasteiger partial charge in [-0.3, -0.25) is 38.4 Å². The summed E-state index contributed by atoms with van der Waals surface area (Å²) in [5.74, 6) is -3.84. The highest BCUT2D eigenvalue weighted by molar-refractivity contribution is 5.97. The lowest BCUT2D eigenvalue weighted by molar-refractivity contribution is -0.143. The van der Waals surface area contributed by atoms with Crippen molar-refractivity contribution >= 4 is 47.3 Å². The Kier molecular flexibility index (Phi) is 25.5. The molecule has 2 saturated heterocycles. The molecule has 8 atom stereocenters. The molecule has 0 spiro atoms. The molecule has 8 amide bonds. The summed E-state index contributed by atoms with van der Waals surface area (Å²) in [6, 6.07) is 32.3. The van der Waals surface area contributed by atoms with Crippen molar-refractivity contribution in [1.29, 1.82) is 0 Å². The fourth-order valence-electron chi connectivity index (χ4n) is 13.6. The van der Waals surface area contributed by atoms with Gasteiger partial charge in [-0.05, 0) is 126 Å². The lowest BCUT2D eigenvalue weighted by Gasteiger charge is -2.36. The van der Waals surface area contributed by atoms with Crippen LogP contribution in [0.25, 0.3) is 0 Å². The molecule has 88 heavy (non-hydrogen) atoms. The molecule has 0 radical (unpaired) electrons. The maximum Gasteiger partial charge on any atom is 0.246 e. The van der Waals surface area contributed by atoms with Gasteiger partial charge in [0.1, 0.15) is 36.3 Å². The van der Waals surface area contributed by atoms with E-state index < -0.39 is 72.0 Å². The van der Waals surface area contributed by atoms with Gasteiger partial charge in [-0.15, -0.1) is 0 Å². The van der Waals surface area contributed by atoms with Gasteiger partial charge in [0.2, 0.25) is 47.3 Å². The molecule has 0 bridgehead atoms. The summed E-state index contributed by atoms with van der Waals surface area (Å²) < 4.78 is 0. The summed E-state index contributed by atoms with van der Waals surface area (Å²) in [6.07, 6.45) is 14.0. The molecule has 2 heterocycles. The van der Waals surface area contributed by atoms with Crippen LogP contribution < -0.4 is 42.5 Å². The zero-order valence-corrected chi connectivity index (χ0v) is 52.2. The van der Waals surface area contributed by atoms with E-state index in [1.165, 1.54) is 0 Å². The van der Waals surface area contributed by atoms with Crippen molar-refractivity contribution in [2.75, 3.05) is 40.3 Å². The van der Waals surface area contributed by atoms with Crippen LogP contribution in [0.2, 0.25) is 0 Å². The van der Waals surface area contributed by atoms with Gasteiger partial charge in [0, 0.05) is 38.0 Å². The molecule has 18 nitrogen and oxygen atoms in total. The van der Waals surface area contributed by atoms with Gasteiger partial charge in [-0.2, -0.15) is 0 Å². The first-order valence-electron chi connectivity index (χ1n) is 32.7. The first kappa shape index (κ1) is 66.5. The average Bonchev–Trinajstić information content (AvgIpc) is 4.40. The molecule has 0 aromatic heterocycles. The zero-order valence-electron chi connectivity index (χ0n) is 52.2. The highest BCUT2D eigenvalue weighted by Gasteiger charge is 2.45. The van der Waals surface area contributed by atoms with Crippen molar-refractivity contribution < 1.29 is 38.4 Å². The quantitative estimate of drug-likeness (QED) is 0.0267. The van der Waals surface area contributed by atoms with Gasteiger partial charge in [-0.1, -0.05) is 173 Å². The van der Waals surface area contributed by atoms with Crippen molar-refractivity contribution in [1.82, 2.24) is 52.3 Å². The Morgan fingerprint density at radius 2 is 0.716 bits per heavy atom. The number of benzene rings is 4. The largest absolute Gasteiger partial charge is 0.354 e. The van der Waals surface area contributed by atoms with E-state index in [2.05, 4.69) is 42.5 Å². The molecule has 2 aliphatic heterocycles. The van der Waals surface area contributed by atoms with E-state index in [1.54, 1.807) is 37.7 Å². The summed E-state index contributed by atoms with van der Waals surface area (Å²) in [4.78, 5) is 118. The molecule has 474 valence electrons. The third-order valence-electron chi connectivity index (χ3n) is 18.9. The summed E-state index contributed by atoms with van der Waals surface area (Å²) in [5, 5.41) is 24.7. The molecule has 4 fully saturated rings. The minimum atomic E-state index is -1.05. The van der Waals surface area contributed by atoms with E-state index in [1.807, 2.05) is 121 Å². The molecule has 1 unspecified atom stereocenters. The van der Waals surface area contributed by atoms with Crippen LogP contribution in [-0.4, -0.2) is 146 Å². The van der Waals surface area contributed by atoms with Crippen molar-refractivity contribution in [2.45, 2.75) is 190 Å². The number of carbonyl (C=O) groups excluding carboxylic acids is 8. The second kappa shape index (κ2) is 33.8. The number of unbranched alkanes of at least 4 members (excludes halogenated alkanes) is 3. The monoisotopic (exact) mass is 1200 g/mol. The van der Waals surface area contributed by atoms with Crippen LogP contribution in [0.15, 0.2) is 121 Å². The molecule has 4 aromatic carbocycles. The van der Waals surface area contributed by atoms with Crippen molar-refractivity contribution in [3.05, 3.63) is 144 Å². The van der Waals surface area contributed by atoms with Crippen LogP contribution in [0.3, 0.4) is 0 Å². The maximum atomic E-state index is 14.8. The van der Waals surface area contributed by atoms with Crippen LogP contribution in [0.4, 0.5) is 0 Å². The standard InChI is InChI=1S/C70H96N10O8/c1-47(71-3)63(81)75-59(53-37-21-11-22-38-53)69(87)79-45-27-41-55(79)65(83)77-61(57(49-29-13-7-14-30-49)50-31-15-8-16-32-50)67(85)73-43-25-5-6-26-44-74-68(86)62(58(51-33-17-9-18-34-51)52-35-19-10-20-36-52)78-66(84)56-42-28-46-80(56)70(88)60(54-39-23-12-24-40-54)76-64(82)48(2)72-4/h7-10,13-20,29-36,47-48,53-62,71-72H,5-6,11-12,21-28,37-46H2,1-4H3,(H,73,85)(H,74,86)(H,75,81)(H,76,82)(H,77,83)(H,78,84)/t47-,48-,55-,56-,59-,60?,61-,62-/m0/s1. The number of amides is 8. The first-order chi connectivity index (χ1) is 42.8. The van der Waals surface area contributed by atoms with Crippen LogP contribution in [-0.2, 0) is 38.4 Å². The van der Waals surface area contributed by atoms with Gasteiger partial charge in [0.05, 0.1) is 12.1 Å². The molecule has 2 aliphatic carbocycles. The number of hydrogen-bond acceptors (Lipinski definition) is 10. The van der Waals surface area contributed by atoms with Gasteiger partial charge < -0.3 is 52.3 Å². The lowest BCUT2D eigenvalue weighted by atomic mass is 9.83. The predicted molar refractivity (Wildman–Crippen MR) is 341 cm³/mol. The Morgan fingerprint density at radius 1 is 0.398 bits per heavy atom. The van der Waals surface area contributed by atoms with E-state index in [0.717, 1.165) is 99.3 Å². The number of nitrogens with zero attached hydrogens (tertiary/aromatic N) is 2. The van der Waals surface area contributed by atoms with Crippen LogP contribution in [0.1, 0.15) is 164 Å². The van der Waals surface area contributed by atoms with Crippen LogP contribution >= 0.6 is 0 Å². The fourth-order valence-corrected chi connectivity index (χ4v) is 13.6. The second-order valence-corrected chi connectivity index (χ2v) is 24.7. The topological polar surface area (TPSA) is 239 Å². The number of hydrogen-bond donors (Lipinski definition) is 8. The van der Waals surface area contributed by atoms with Gasteiger partial charge in [0.15, 0.2) is 0 Å². The minimum Gasteiger partial charge on any atom is -0.354 e. The van der Waals surface area contributed by atoms with Crippen molar-refractivity contribution in [3.8, 4) is 0 Å². The van der Waals surface area contributed by atoms with Crippen molar-refractivity contribution in [3.63, 3.8) is 0 Å². The van der Waals surface area contributed by atoms with Gasteiger partial charge in [0.25, 0.3) is 0 Å². The van der Waals surface area contributed by atoms with E-state index in [-0.39, 0.29) is 47.3 Å². The minimum absolute atomic E-state index is 0.0457. The van der Waals surface area contributed by atoms with E-state index in [0.29, 0.717) is 64.7 Å². The normalized spacial score (nSPS) is 19.4. The molecular formula is C70H96N10O8. The van der Waals surface area contributed by atoms with Crippen molar-refractivity contribution in [2.24, 2.45) is 11.8 Å². The molecule has 2 saturated carbocycles. The molecule has 8 N–H and O–H groups in total. The molecule has 4 aliphatic rings. The molecular weight excluding hydrogens is 1110 g/mol. The molecule has 4 aromatic rings. The fraction of sp³-hybridized carbons (Fsp3) is 0.543. The average molecular weight is 1210 g/mol. The molecule has 8 rings (SSSR count). The Labute approximate surface area is 521 Å². The summed E-state index contributed by atoms with van der Waals surface area (Å²) in [5.41, 5.74) is 3.36. The van der Waals surface area contributed by atoms with Crippen LogP contribution in [0.5, 0.6) is 0 Å². The SMILES string of the molecule is CN[C@@H](C)C(=O)NC(C(=O)N1CCC[C@H]1C(=O)N[C@H](C(=O)NCCCCCCNC(=O)[C@@H](NC(=O)[C@@H]1CCCN1C(=O)[C@@H](NC(=O)[C@H](C)NC)C1CCCCC1)C(c1ccccc1)c1ccccc1)C(c1ccccc1)c1ccccc1)C1CCCCC1. The number of rotatable bonds is 29.